The summed E-state index contributed by atoms with van der Waals surface area (Å²) in [6, 6.07) is 5.25. The van der Waals surface area contributed by atoms with Gasteiger partial charge in [0.15, 0.2) is 4.96 Å². The average Bonchev–Trinajstić information content (AvgIpc) is 2.99. The number of thiazole rings is 1. The molecule has 0 saturated carbocycles. The largest absolute Gasteiger partial charge is 0.436 e. The lowest BCUT2D eigenvalue weighted by atomic mass is 10.3. The highest BCUT2D eigenvalue weighted by Gasteiger charge is 2.16. The Hall–Kier alpha value is -1.27. The van der Waals surface area contributed by atoms with Crippen LogP contribution in [0.25, 0.3) is 4.96 Å². The zero-order valence-corrected chi connectivity index (χ0v) is 12.7. The van der Waals surface area contributed by atoms with Crippen molar-refractivity contribution in [1.82, 2.24) is 9.38 Å². The Morgan fingerprint density at radius 2 is 2.20 bits per heavy atom. The van der Waals surface area contributed by atoms with Crippen molar-refractivity contribution in [3.05, 3.63) is 45.5 Å². The number of fused-ring (bicyclic) bond motifs is 1. The molecule has 2 heterocycles. The van der Waals surface area contributed by atoms with Crippen LogP contribution in [0.3, 0.4) is 0 Å². The summed E-state index contributed by atoms with van der Waals surface area (Å²) in [6.45, 7) is 0.517. The van der Waals surface area contributed by atoms with Crippen molar-refractivity contribution < 1.29 is 4.74 Å². The Labute approximate surface area is 129 Å². The number of benzene rings is 1. The molecule has 0 spiro atoms. The van der Waals surface area contributed by atoms with E-state index in [1.54, 1.807) is 18.2 Å². The third kappa shape index (κ3) is 2.38. The highest BCUT2D eigenvalue weighted by Crippen LogP contribution is 2.36. The van der Waals surface area contributed by atoms with Crippen molar-refractivity contribution in [3.8, 4) is 11.6 Å². The van der Waals surface area contributed by atoms with Gasteiger partial charge in [0.25, 0.3) is 0 Å². The van der Waals surface area contributed by atoms with Crippen molar-refractivity contribution in [2.45, 2.75) is 6.42 Å². The molecular weight excluding hydrogens is 317 g/mol. The predicted molar refractivity (Wildman–Crippen MR) is 82.4 cm³/mol. The second-order valence-electron chi connectivity index (χ2n) is 4.11. The Balaban J connectivity index is 2.03. The summed E-state index contributed by atoms with van der Waals surface area (Å²) in [7, 11) is 0. The summed E-state index contributed by atoms with van der Waals surface area (Å²) in [5, 5.41) is 2.80. The summed E-state index contributed by atoms with van der Waals surface area (Å²) in [5.41, 5.74) is 6.59. The van der Waals surface area contributed by atoms with E-state index in [4.69, 9.17) is 33.7 Å². The highest BCUT2D eigenvalue weighted by molar-refractivity contribution is 7.15. The van der Waals surface area contributed by atoms with Gasteiger partial charge >= 0.3 is 0 Å². The number of rotatable bonds is 4. The normalized spacial score (nSPS) is 11.2. The van der Waals surface area contributed by atoms with Crippen molar-refractivity contribution in [2.24, 2.45) is 5.73 Å². The van der Waals surface area contributed by atoms with Gasteiger partial charge in [0.1, 0.15) is 10.8 Å². The van der Waals surface area contributed by atoms with Crippen LogP contribution < -0.4 is 10.5 Å². The molecule has 4 nitrogen and oxygen atoms in total. The van der Waals surface area contributed by atoms with Gasteiger partial charge in [-0.3, -0.25) is 4.40 Å². The second-order valence-corrected chi connectivity index (χ2v) is 5.77. The first-order valence-corrected chi connectivity index (χ1v) is 7.60. The molecule has 0 atom stereocenters. The number of halogens is 2. The molecule has 0 bridgehead atoms. The summed E-state index contributed by atoms with van der Waals surface area (Å²) in [4.78, 5) is 5.32. The van der Waals surface area contributed by atoms with Gasteiger partial charge in [0.05, 0.1) is 10.7 Å². The van der Waals surface area contributed by atoms with Crippen LogP contribution in [0.4, 0.5) is 0 Å². The molecule has 0 aliphatic heterocycles. The van der Waals surface area contributed by atoms with Gasteiger partial charge < -0.3 is 10.5 Å². The van der Waals surface area contributed by atoms with Crippen LogP contribution in [0, 0.1) is 0 Å². The summed E-state index contributed by atoms with van der Waals surface area (Å²) >= 11 is 13.7. The van der Waals surface area contributed by atoms with Crippen molar-refractivity contribution >= 4 is 39.5 Å². The Morgan fingerprint density at radius 3 is 3.00 bits per heavy atom. The molecule has 3 rings (SSSR count). The maximum absolute atomic E-state index is 6.13. The van der Waals surface area contributed by atoms with Gasteiger partial charge in [-0.05, 0) is 18.7 Å². The molecule has 0 saturated heterocycles. The monoisotopic (exact) mass is 327 g/mol. The van der Waals surface area contributed by atoms with Crippen LogP contribution >= 0.6 is 34.5 Å². The van der Waals surface area contributed by atoms with Crippen molar-refractivity contribution in [3.63, 3.8) is 0 Å². The van der Waals surface area contributed by atoms with E-state index in [-0.39, 0.29) is 0 Å². The van der Waals surface area contributed by atoms with Crippen LogP contribution in [0.1, 0.15) is 5.69 Å². The van der Waals surface area contributed by atoms with Crippen LogP contribution in [0.2, 0.25) is 10.0 Å². The quantitative estimate of drug-likeness (QED) is 0.788. The summed E-state index contributed by atoms with van der Waals surface area (Å²) in [5.74, 6) is 1.01. The van der Waals surface area contributed by atoms with Crippen molar-refractivity contribution in [1.29, 1.82) is 0 Å². The van der Waals surface area contributed by atoms with Gasteiger partial charge in [-0.2, -0.15) is 4.98 Å². The third-order valence-electron chi connectivity index (χ3n) is 2.83. The minimum absolute atomic E-state index is 0.379. The number of hydrogen-bond acceptors (Lipinski definition) is 4. The fourth-order valence-corrected chi connectivity index (χ4v) is 2.98. The number of nitrogens with zero attached hydrogens (tertiary/aromatic N) is 2. The van der Waals surface area contributed by atoms with Crippen LogP contribution in [0.5, 0.6) is 11.6 Å². The number of ether oxygens (including phenoxy) is 1. The molecule has 0 aliphatic rings. The molecule has 0 fully saturated rings. The first-order valence-electron chi connectivity index (χ1n) is 5.97. The van der Waals surface area contributed by atoms with Crippen LogP contribution in [0.15, 0.2) is 29.8 Å². The maximum atomic E-state index is 6.13. The van der Waals surface area contributed by atoms with E-state index in [2.05, 4.69) is 4.98 Å². The number of nitrogens with two attached hydrogens (primary N) is 1. The van der Waals surface area contributed by atoms with E-state index < -0.39 is 0 Å². The molecule has 0 aliphatic carbocycles. The topological polar surface area (TPSA) is 52.5 Å². The van der Waals surface area contributed by atoms with Gasteiger partial charge in [-0.25, -0.2) is 0 Å². The highest BCUT2D eigenvalue weighted by atomic mass is 35.5. The SMILES string of the molecule is NCCc1c(Oc2cccc(Cl)c2Cl)nc2sccn12. The molecule has 1 aromatic carbocycles. The Bertz CT molecular complexity index is 753. The Kier molecular flexibility index (Phi) is 3.85. The lowest BCUT2D eigenvalue weighted by Crippen LogP contribution is -2.05. The molecule has 0 unspecified atom stereocenters. The van der Waals surface area contributed by atoms with Gasteiger partial charge in [0.2, 0.25) is 5.88 Å². The molecule has 20 heavy (non-hydrogen) atoms. The number of imidazole rings is 1. The van der Waals surface area contributed by atoms with Gasteiger partial charge in [0, 0.05) is 18.0 Å². The van der Waals surface area contributed by atoms with E-state index in [0.717, 1.165) is 10.7 Å². The smallest absolute Gasteiger partial charge is 0.242 e. The lowest BCUT2D eigenvalue weighted by molar-refractivity contribution is 0.459. The van der Waals surface area contributed by atoms with E-state index >= 15 is 0 Å². The number of aromatic nitrogens is 2. The van der Waals surface area contributed by atoms with Crippen molar-refractivity contribution in [2.75, 3.05) is 6.54 Å². The Morgan fingerprint density at radius 1 is 1.35 bits per heavy atom. The first-order chi connectivity index (χ1) is 9.70. The fourth-order valence-electron chi connectivity index (χ4n) is 1.93. The molecule has 2 aromatic heterocycles. The minimum Gasteiger partial charge on any atom is -0.436 e. The minimum atomic E-state index is 0.379. The molecule has 0 radical (unpaired) electrons. The maximum Gasteiger partial charge on any atom is 0.242 e. The first kappa shape index (κ1) is 13.7. The predicted octanol–water partition coefficient (Wildman–Crippen LogP) is 4.00. The standard InChI is InChI=1S/C13H11Cl2N3OS/c14-8-2-1-3-10(11(8)15)19-12-9(4-5-16)18-6-7-20-13(18)17-12/h1-3,6-7H,4-5,16H2. The van der Waals surface area contributed by atoms with E-state index in [9.17, 15) is 0 Å². The lowest BCUT2D eigenvalue weighted by Gasteiger charge is -2.08. The molecule has 3 aromatic rings. The zero-order chi connectivity index (χ0) is 14.1. The molecule has 7 heteroatoms. The van der Waals surface area contributed by atoms with E-state index in [1.807, 2.05) is 16.0 Å². The third-order valence-corrected chi connectivity index (χ3v) is 4.39. The summed E-state index contributed by atoms with van der Waals surface area (Å²) < 4.78 is 7.80. The fraction of sp³-hybridized carbons (Fsp3) is 0.154. The van der Waals surface area contributed by atoms with Gasteiger partial charge in [-0.1, -0.05) is 29.3 Å². The van der Waals surface area contributed by atoms with Crippen LogP contribution in [-0.4, -0.2) is 15.9 Å². The zero-order valence-electron chi connectivity index (χ0n) is 10.3. The molecular formula is C13H11Cl2N3OS. The molecule has 2 N–H and O–H groups in total. The number of hydrogen-bond donors (Lipinski definition) is 1. The van der Waals surface area contributed by atoms with Crippen LogP contribution in [-0.2, 0) is 6.42 Å². The molecule has 0 amide bonds. The van der Waals surface area contributed by atoms with Gasteiger partial charge in [-0.15, -0.1) is 11.3 Å². The molecule has 104 valence electrons. The summed E-state index contributed by atoms with van der Waals surface area (Å²) in [6.07, 6.45) is 2.62. The second kappa shape index (κ2) is 5.61. The van der Waals surface area contributed by atoms with E-state index in [0.29, 0.717) is 34.6 Å². The average molecular weight is 328 g/mol. The van der Waals surface area contributed by atoms with E-state index in [1.165, 1.54) is 11.3 Å².